The Balaban J connectivity index is 0.000000232. The molecule has 19 heavy (non-hydrogen) atoms. The second-order valence-electron chi connectivity index (χ2n) is 3.87. The van der Waals surface area contributed by atoms with E-state index < -0.39 is 7.25 Å². The van der Waals surface area contributed by atoms with Gasteiger partial charge in [0.15, 0.2) is 0 Å². The molecular formula is C13H9BF4N-. The van der Waals surface area contributed by atoms with Gasteiger partial charge in [0.05, 0.1) is 11.0 Å². The van der Waals surface area contributed by atoms with Crippen LogP contribution in [0.1, 0.15) is 0 Å². The molecule has 3 rings (SSSR count). The van der Waals surface area contributed by atoms with Crippen LogP contribution in [0, 0.1) is 0 Å². The molecule has 0 unspecified atom stereocenters. The molecule has 0 atom stereocenters. The summed E-state index contributed by atoms with van der Waals surface area (Å²) in [5.41, 5.74) is 2.12. The first-order chi connectivity index (χ1) is 8.93. The molecule has 0 amide bonds. The molecule has 0 spiro atoms. The van der Waals surface area contributed by atoms with Crippen LogP contribution in [0.2, 0.25) is 0 Å². The number of nitrogens with zero attached hydrogens (tertiary/aromatic N) is 1. The molecule has 1 heterocycles. The summed E-state index contributed by atoms with van der Waals surface area (Å²) in [5, 5.41) is 2.40. The van der Waals surface area contributed by atoms with Crippen LogP contribution in [0.25, 0.3) is 21.8 Å². The summed E-state index contributed by atoms with van der Waals surface area (Å²) in [4.78, 5) is 4.58. The average Bonchev–Trinajstić information content (AvgIpc) is 2.34. The highest BCUT2D eigenvalue weighted by atomic mass is 19.5. The third-order valence-electron chi connectivity index (χ3n) is 2.43. The standard InChI is InChI=1S/C13H9N.BF4/c1-3-7-12-10(5-1)9-11-6-2-4-8-13(11)14-12;2-1(3,4)5/h1-9H;/q;-1. The van der Waals surface area contributed by atoms with Gasteiger partial charge in [-0.15, -0.1) is 0 Å². The van der Waals surface area contributed by atoms with Gasteiger partial charge in [-0.1, -0.05) is 36.4 Å². The normalized spacial score (nSPS) is 11.2. The van der Waals surface area contributed by atoms with Crippen LogP contribution in [0.15, 0.2) is 54.6 Å². The van der Waals surface area contributed by atoms with Gasteiger partial charge >= 0.3 is 7.25 Å². The van der Waals surface area contributed by atoms with Crippen LogP contribution < -0.4 is 0 Å². The van der Waals surface area contributed by atoms with Gasteiger partial charge in [-0.3, -0.25) is 0 Å². The second kappa shape index (κ2) is 5.26. The summed E-state index contributed by atoms with van der Waals surface area (Å²) >= 11 is 0. The summed E-state index contributed by atoms with van der Waals surface area (Å²) < 4.78 is 39.0. The first-order valence-electron chi connectivity index (χ1n) is 5.55. The maximum atomic E-state index is 9.75. The molecule has 6 heteroatoms. The zero-order chi connectivity index (χ0) is 13.9. The van der Waals surface area contributed by atoms with Crippen molar-refractivity contribution in [2.75, 3.05) is 0 Å². The first-order valence-corrected chi connectivity index (χ1v) is 5.55. The van der Waals surface area contributed by atoms with Crippen molar-refractivity contribution in [3.8, 4) is 0 Å². The molecule has 0 radical (unpaired) electrons. The molecule has 0 aliphatic heterocycles. The number of benzene rings is 2. The van der Waals surface area contributed by atoms with E-state index >= 15 is 0 Å². The Morgan fingerprint density at radius 3 is 1.47 bits per heavy atom. The third-order valence-corrected chi connectivity index (χ3v) is 2.43. The maximum absolute atomic E-state index is 9.75. The lowest BCUT2D eigenvalue weighted by Gasteiger charge is -1.99. The van der Waals surface area contributed by atoms with Crippen LogP contribution in [-0.4, -0.2) is 12.2 Å². The lowest BCUT2D eigenvalue weighted by Crippen LogP contribution is -2.02. The van der Waals surface area contributed by atoms with Crippen LogP contribution in [0.4, 0.5) is 17.3 Å². The van der Waals surface area contributed by atoms with Gasteiger partial charge in [-0.2, -0.15) is 0 Å². The first kappa shape index (κ1) is 13.3. The Hall–Kier alpha value is -2.11. The molecule has 3 aromatic rings. The van der Waals surface area contributed by atoms with Crippen molar-refractivity contribution in [2.45, 2.75) is 0 Å². The van der Waals surface area contributed by atoms with Gasteiger partial charge in [-0.05, 0) is 18.2 Å². The van der Waals surface area contributed by atoms with Gasteiger partial charge in [0, 0.05) is 10.8 Å². The van der Waals surface area contributed by atoms with Crippen LogP contribution in [0.5, 0.6) is 0 Å². The quantitative estimate of drug-likeness (QED) is 0.327. The molecular weight excluding hydrogens is 257 g/mol. The van der Waals surface area contributed by atoms with Gasteiger partial charge in [0.1, 0.15) is 0 Å². The van der Waals surface area contributed by atoms with E-state index in [0.717, 1.165) is 11.0 Å². The highest BCUT2D eigenvalue weighted by molar-refractivity contribution is 6.50. The van der Waals surface area contributed by atoms with E-state index in [0.29, 0.717) is 0 Å². The van der Waals surface area contributed by atoms with Crippen LogP contribution in [-0.2, 0) is 0 Å². The van der Waals surface area contributed by atoms with E-state index in [1.807, 2.05) is 36.4 Å². The topological polar surface area (TPSA) is 12.9 Å². The SMILES string of the molecule is F[B-](F)(F)F.c1ccc2nc3ccccc3cc2c1. The van der Waals surface area contributed by atoms with Crippen LogP contribution in [0.3, 0.4) is 0 Å². The summed E-state index contributed by atoms with van der Waals surface area (Å²) in [5.74, 6) is 0. The highest BCUT2D eigenvalue weighted by Gasteiger charge is 2.20. The van der Waals surface area contributed by atoms with Crippen molar-refractivity contribution < 1.29 is 17.3 Å². The van der Waals surface area contributed by atoms with E-state index in [-0.39, 0.29) is 0 Å². The zero-order valence-corrected chi connectivity index (χ0v) is 9.73. The summed E-state index contributed by atoms with van der Waals surface area (Å²) in [6.07, 6.45) is 0. The van der Waals surface area contributed by atoms with Crippen molar-refractivity contribution in [3.63, 3.8) is 0 Å². The molecule has 0 aliphatic rings. The maximum Gasteiger partial charge on any atom is 0.673 e. The molecule has 0 fully saturated rings. The van der Waals surface area contributed by atoms with Gasteiger partial charge in [-0.25, -0.2) is 4.98 Å². The predicted octanol–water partition coefficient (Wildman–Crippen LogP) is 4.69. The van der Waals surface area contributed by atoms with Gasteiger partial charge in [0.2, 0.25) is 0 Å². The Labute approximate surface area is 107 Å². The minimum atomic E-state index is -6.00. The number of aromatic nitrogens is 1. The number of rotatable bonds is 0. The smallest absolute Gasteiger partial charge is 0.418 e. The number of pyridine rings is 1. The Bertz CT molecular complexity index is 586. The summed E-state index contributed by atoms with van der Waals surface area (Å²) in [6.45, 7) is 0. The number of hydrogen-bond donors (Lipinski definition) is 0. The molecule has 1 aromatic heterocycles. The molecule has 0 saturated carbocycles. The van der Waals surface area contributed by atoms with E-state index in [1.165, 1.54) is 10.8 Å². The molecule has 2 aromatic carbocycles. The lowest BCUT2D eigenvalue weighted by atomic mass is 10.1. The summed E-state index contributed by atoms with van der Waals surface area (Å²) in [7, 11) is -6.00. The molecule has 0 saturated heterocycles. The third kappa shape index (κ3) is 3.94. The number of hydrogen-bond acceptors (Lipinski definition) is 1. The second-order valence-corrected chi connectivity index (χ2v) is 3.87. The average molecular weight is 266 g/mol. The van der Waals surface area contributed by atoms with Crippen molar-refractivity contribution in [1.82, 2.24) is 4.98 Å². The molecule has 0 bridgehead atoms. The fraction of sp³-hybridized carbons (Fsp3) is 0. The molecule has 0 aliphatic carbocycles. The van der Waals surface area contributed by atoms with Crippen molar-refractivity contribution >= 4 is 29.1 Å². The van der Waals surface area contributed by atoms with Gasteiger partial charge < -0.3 is 17.3 Å². The minimum absolute atomic E-state index is 1.06. The van der Waals surface area contributed by atoms with Gasteiger partial charge in [0.25, 0.3) is 0 Å². The highest BCUT2D eigenvalue weighted by Crippen LogP contribution is 2.18. The minimum Gasteiger partial charge on any atom is -0.418 e. The zero-order valence-electron chi connectivity index (χ0n) is 9.73. The number of para-hydroxylation sites is 2. The fourth-order valence-corrected chi connectivity index (χ4v) is 1.72. The lowest BCUT2D eigenvalue weighted by molar-refractivity contribution is 0.368. The monoisotopic (exact) mass is 266 g/mol. The van der Waals surface area contributed by atoms with Crippen molar-refractivity contribution in [1.29, 1.82) is 0 Å². The van der Waals surface area contributed by atoms with Crippen molar-refractivity contribution in [3.05, 3.63) is 54.6 Å². The Morgan fingerprint density at radius 2 is 1.05 bits per heavy atom. The largest absolute Gasteiger partial charge is 0.673 e. The van der Waals surface area contributed by atoms with E-state index in [2.05, 4.69) is 23.2 Å². The fourth-order valence-electron chi connectivity index (χ4n) is 1.72. The number of fused-ring (bicyclic) bond motifs is 2. The Morgan fingerprint density at radius 1 is 0.684 bits per heavy atom. The molecule has 0 N–H and O–H groups in total. The van der Waals surface area contributed by atoms with E-state index in [9.17, 15) is 17.3 Å². The van der Waals surface area contributed by atoms with E-state index in [4.69, 9.17) is 0 Å². The Kier molecular flexibility index (Phi) is 3.69. The number of halogens is 4. The van der Waals surface area contributed by atoms with Crippen molar-refractivity contribution in [2.24, 2.45) is 0 Å². The van der Waals surface area contributed by atoms with E-state index in [1.54, 1.807) is 0 Å². The summed E-state index contributed by atoms with van der Waals surface area (Å²) in [6, 6.07) is 18.6. The predicted molar refractivity (Wildman–Crippen MR) is 69.4 cm³/mol. The van der Waals surface area contributed by atoms with Crippen LogP contribution >= 0.6 is 0 Å². The molecule has 1 nitrogen and oxygen atoms in total. The molecule has 98 valence electrons.